The van der Waals surface area contributed by atoms with Crippen LogP contribution in [0.3, 0.4) is 0 Å². The molecule has 2 aromatic rings. The lowest BCUT2D eigenvalue weighted by Gasteiger charge is -2.30. The highest BCUT2D eigenvalue weighted by molar-refractivity contribution is 5.69. The highest BCUT2D eigenvalue weighted by Crippen LogP contribution is 2.27. The summed E-state index contributed by atoms with van der Waals surface area (Å²) in [6.45, 7) is 9.16. The molecule has 0 aromatic carbocycles. The van der Waals surface area contributed by atoms with Gasteiger partial charge in [-0.15, -0.1) is 0 Å². The summed E-state index contributed by atoms with van der Waals surface area (Å²) in [4.78, 5) is 20.7. The molecular formula is C22H29N7O2. The second kappa shape index (κ2) is 8.46. The summed E-state index contributed by atoms with van der Waals surface area (Å²) in [6, 6.07) is 6.04. The molecule has 1 saturated heterocycles. The molecule has 2 aromatic heterocycles. The van der Waals surface area contributed by atoms with Crippen molar-refractivity contribution in [2.75, 3.05) is 29.9 Å². The molecule has 0 unspecified atom stereocenters. The maximum atomic E-state index is 12.4. The Morgan fingerprint density at radius 1 is 1.16 bits per heavy atom. The van der Waals surface area contributed by atoms with Gasteiger partial charge in [0.25, 0.3) is 0 Å². The van der Waals surface area contributed by atoms with Crippen LogP contribution in [0.4, 0.5) is 22.0 Å². The Balaban J connectivity index is 1.50. The van der Waals surface area contributed by atoms with E-state index >= 15 is 0 Å². The molecule has 2 aliphatic rings. The lowest BCUT2D eigenvalue weighted by atomic mass is 10.1. The number of aromatic nitrogens is 3. The number of nitrogens with one attached hydrogen (secondary N) is 1. The summed E-state index contributed by atoms with van der Waals surface area (Å²) in [5.41, 5.74) is 2.38. The Hall–Kier alpha value is -3.28. The van der Waals surface area contributed by atoms with Crippen molar-refractivity contribution >= 4 is 23.3 Å². The monoisotopic (exact) mass is 423 g/mol. The number of anilines is 3. The van der Waals surface area contributed by atoms with Crippen LogP contribution < -0.4 is 10.2 Å². The average Bonchev–Trinajstić information content (AvgIpc) is 3.14. The second-order valence-electron chi connectivity index (χ2n) is 9.02. The van der Waals surface area contributed by atoms with Gasteiger partial charge in [0.2, 0.25) is 0 Å². The summed E-state index contributed by atoms with van der Waals surface area (Å²) in [6.07, 6.45) is 5.05. The zero-order chi connectivity index (χ0) is 22.0. The standard InChI is InChI=1S/C22H29N7O2/c1-22(2,3)31-21(30)28-9-10-29-17(15-28)12-20(26-29)25-18-11-16(14-24-19(18)13-23)27-7-5-4-6-8-27/h11-12,14H,4-10,15H2,1-3H3,(H,25,26). The van der Waals surface area contributed by atoms with Gasteiger partial charge in [0.15, 0.2) is 11.5 Å². The first-order valence-corrected chi connectivity index (χ1v) is 10.8. The summed E-state index contributed by atoms with van der Waals surface area (Å²) in [7, 11) is 0. The van der Waals surface area contributed by atoms with Gasteiger partial charge in [-0.1, -0.05) is 0 Å². The van der Waals surface area contributed by atoms with Gasteiger partial charge in [-0.05, 0) is 46.1 Å². The molecule has 31 heavy (non-hydrogen) atoms. The molecule has 0 saturated carbocycles. The predicted octanol–water partition coefficient (Wildman–Crippen LogP) is 3.63. The van der Waals surface area contributed by atoms with Crippen LogP contribution in [0, 0.1) is 11.3 Å². The quantitative estimate of drug-likeness (QED) is 0.805. The number of carbonyl (C=O) groups is 1. The van der Waals surface area contributed by atoms with Crippen LogP contribution in [0.15, 0.2) is 18.3 Å². The number of ether oxygens (including phenoxy) is 1. The van der Waals surface area contributed by atoms with Crippen molar-refractivity contribution in [3.63, 3.8) is 0 Å². The summed E-state index contributed by atoms with van der Waals surface area (Å²) < 4.78 is 7.37. The fraction of sp³-hybridized carbons (Fsp3) is 0.545. The maximum Gasteiger partial charge on any atom is 0.410 e. The lowest BCUT2D eigenvalue weighted by molar-refractivity contribution is 0.0194. The molecule has 0 aliphatic carbocycles. The molecule has 0 radical (unpaired) electrons. The van der Waals surface area contributed by atoms with Gasteiger partial charge >= 0.3 is 6.09 Å². The Labute approximate surface area is 182 Å². The molecule has 1 amide bonds. The van der Waals surface area contributed by atoms with Gasteiger partial charge in [0, 0.05) is 25.7 Å². The summed E-state index contributed by atoms with van der Waals surface area (Å²) in [5, 5.41) is 17.4. The van der Waals surface area contributed by atoms with Crippen molar-refractivity contribution in [2.24, 2.45) is 0 Å². The number of piperidine rings is 1. The second-order valence-corrected chi connectivity index (χ2v) is 9.02. The first-order valence-electron chi connectivity index (χ1n) is 10.8. The van der Waals surface area contributed by atoms with Crippen LogP contribution in [0.5, 0.6) is 0 Å². The molecule has 9 nitrogen and oxygen atoms in total. The molecule has 4 rings (SSSR count). The van der Waals surface area contributed by atoms with E-state index in [9.17, 15) is 10.1 Å². The number of hydrogen-bond acceptors (Lipinski definition) is 7. The maximum absolute atomic E-state index is 12.4. The fourth-order valence-electron chi connectivity index (χ4n) is 3.91. The predicted molar refractivity (Wildman–Crippen MR) is 117 cm³/mol. The number of fused-ring (bicyclic) bond motifs is 1. The van der Waals surface area contributed by atoms with E-state index in [0.29, 0.717) is 36.8 Å². The number of rotatable bonds is 3. The van der Waals surface area contributed by atoms with Crippen LogP contribution in [-0.2, 0) is 17.8 Å². The zero-order valence-electron chi connectivity index (χ0n) is 18.4. The van der Waals surface area contributed by atoms with E-state index < -0.39 is 5.60 Å². The largest absolute Gasteiger partial charge is 0.444 e. The van der Waals surface area contributed by atoms with E-state index in [1.165, 1.54) is 19.3 Å². The lowest BCUT2D eigenvalue weighted by Crippen LogP contribution is -2.41. The summed E-state index contributed by atoms with van der Waals surface area (Å²) >= 11 is 0. The first-order chi connectivity index (χ1) is 14.8. The highest BCUT2D eigenvalue weighted by Gasteiger charge is 2.27. The fourth-order valence-corrected chi connectivity index (χ4v) is 3.91. The van der Waals surface area contributed by atoms with Crippen LogP contribution in [0.25, 0.3) is 0 Å². The normalized spacial score (nSPS) is 16.5. The van der Waals surface area contributed by atoms with Gasteiger partial charge in [-0.3, -0.25) is 4.68 Å². The number of hydrogen-bond donors (Lipinski definition) is 1. The molecule has 4 heterocycles. The Kier molecular flexibility index (Phi) is 5.72. The van der Waals surface area contributed by atoms with E-state index in [2.05, 4.69) is 26.4 Å². The molecule has 164 valence electrons. The third-order valence-corrected chi connectivity index (χ3v) is 5.41. The van der Waals surface area contributed by atoms with E-state index in [1.54, 1.807) is 11.1 Å². The van der Waals surface area contributed by atoms with Crippen molar-refractivity contribution in [3.8, 4) is 6.07 Å². The van der Waals surface area contributed by atoms with Gasteiger partial charge in [-0.2, -0.15) is 10.4 Å². The van der Waals surface area contributed by atoms with Crippen LogP contribution in [-0.4, -0.2) is 51.0 Å². The van der Waals surface area contributed by atoms with Crippen molar-refractivity contribution < 1.29 is 9.53 Å². The van der Waals surface area contributed by atoms with Gasteiger partial charge in [0.1, 0.15) is 11.7 Å². The molecule has 9 heteroatoms. The minimum Gasteiger partial charge on any atom is -0.444 e. The van der Waals surface area contributed by atoms with Crippen molar-refractivity contribution in [2.45, 2.75) is 58.7 Å². The molecule has 0 bridgehead atoms. The van der Waals surface area contributed by atoms with Crippen molar-refractivity contribution in [1.82, 2.24) is 19.7 Å². The topological polar surface area (TPSA) is 99.3 Å². The molecule has 0 spiro atoms. The molecule has 1 N–H and O–H groups in total. The number of pyridine rings is 1. The number of nitrogens with zero attached hydrogens (tertiary/aromatic N) is 6. The first kappa shape index (κ1) is 21.0. The highest BCUT2D eigenvalue weighted by atomic mass is 16.6. The molecular weight excluding hydrogens is 394 g/mol. The Morgan fingerprint density at radius 3 is 2.65 bits per heavy atom. The van der Waals surface area contributed by atoms with Gasteiger partial charge in [0.05, 0.1) is 36.4 Å². The van der Waals surface area contributed by atoms with E-state index in [4.69, 9.17) is 4.74 Å². The third-order valence-electron chi connectivity index (χ3n) is 5.41. The van der Waals surface area contributed by atoms with Crippen molar-refractivity contribution in [3.05, 3.63) is 29.7 Å². The van der Waals surface area contributed by atoms with E-state index in [0.717, 1.165) is 24.5 Å². The SMILES string of the molecule is CC(C)(C)OC(=O)N1CCn2nc(Nc3cc(N4CCCCC4)cnc3C#N)cc2C1. The Morgan fingerprint density at radius 2 is 1.94 bits per heavy atom. The van der Waals surface area contributed by atoms with E-state index in [-0.39, 0.29) is 6.09 Å². The number of amides is 1. The zero-order valence-corrected chi connectivity index (χ0v) is 18.4. The molecule has 0 atom stereocenters. The Bertz CT molecular complexity index is 996. The smallest absolute Gasteiger partial charge is 0.410 e. The minimum absolute atomic E-state index is 0.320. The van der Waals surface area contributed by atoms with Crippen LogP contribution in [0.2, 0.25) is 0 Å². The number of carbonyl (C=O) groups excluding carboxylic acids is 1. The minimum atomic E-state index is -0.526. The number of nitriles is 1. The van der Waals surface area contributed by atoms with Crippen LogP contribution in [0.1, 0.15) is 51.4 Å². The molecule has 2 aliphatic heterocycles. The average molecular weight is 424 g/mol. The van der Waals surface area contributed by atoms with Crippen LogP contribution >= 0.6 is 0 Å². The van der Waals surface area contributed by atoms with Crippen molar-refractivity contribution in [1.29, 1.82) is 5.26 Å². The van der Waals surface area contributed by atoms with Gasteiger partial charge < -0.3 is 19.9 Å². The van der Waals surface area contributed by atoms with Gasteiger partial charge in [-0.25, -0.2) is 9.78 Å². The van der Waals surface area contributed by atoms with E-state index in [1.807, 2.05) is 37.6 Å². The summed E-state index contributed by atoms with van der Waals surface area (Å²) in [5.74, 6) is 0.634. The molecule has 1 fully saturated rings. The third kappa shape index (κ3) is 4.90.